The molecule has 2 aromatic carbocycles. The summed E-state index contributed by atoms with van der Waals surface area (Å²) in [4.78, 5) is 2.06. The number of aliphatic hydroxyl groups excluding tert-OH is 1. The summed E-state index contributed by atoms with van der Waals surface area (Å²) in [6, 6.07) is 12.5. The van der Waals surface area contributed by atoms with E-state index in [1.54, 1.807) is 18.2 Å². The quantitative estimate of drug-likeness (QED) is 0.791. The van der Waals surface area contributed by atoms with E-state index in [2.05, 4.69) is 4.90 Å². The molecule has 1 N–H and O–H groups in total. The summed E-state index contributed by atoms with van der Waals surface area (Å²) in [6.45, 7) is 2.85. The lowest BCUT2D eigenvalue weighted by atomic mass is 9.97. The monoisotopic (exact) mass is 353 g/mol. The number of hydrogen-bond acceptors (Lipinski definition) is 3. The normalized spacial score (nSPS) is 13.9. The maximum absolute atomic E-state index is 10.4. The maximum atomic E-state index is 10.4. The van der Waals surface area contributed by atoms with Crippen LogP contribution in [0.3, 0.4) is 0 Å². The molecule has 0 radical (unpaired) electrons. The number of halogens is 2. The van der Waals surface area contributed by atoms with Gasteiger partial charge >= 0.3 is 0 Å². The number of nitrogens with zero attached hydrogens (tertiary/aromatic N) is 1. The predicted molar refractivity (Wildman–Crippen MR) is 95.7 cm³/mol. The van der Waals surface area contributed by atoms with Crippen molar-refractivity contribution in [1.82, 2.24) is 4.90 Å². The van der Waals surface area contributed by atoms with E-state index in [4.69, 9.17) is 27.9 Å². The van der Waals surface area contributed by atoms with Gasteiger partial charge in [0.1, 0.15) is 11.5 Å². The van der Waals surface area contributed by atoms with E-state index in [-0.39, 0.29) is 5.92 Å². The molecule has 5 heteroatoms. The zero-order valence-corrected chi connectivity index (χ0v) is 15.0. The van der Waals surface area contributed by atoms with Gasteiger partial charge in [0.25, 0.3) is 0 Å². The van der Waals surface area contributed by atoms with E-state index in [1.165, 1.54) is 0 Å². The molecule has 2 aromatic rings. The Labute approximate surface area is 147 Å². The van der Waals surface area contributed by atoms with E-state index >= 15 is 0 Å². The maximum Gasteiger partial charge on any atom is 0.146 e. The molecule has 0 aromatic heterocycles. The summed E-state index contributed by atoms with van der Waals surface area (Å²) >= 11 is 12.0. The Morgan fingerprint density at radius 2 is 1.74 bits per heavy atom. The topological polar surface area (TPSA) is 32.7 Å². The van der Waals surface area contributed by atoms with Crippen LogP contribution < -0.4 is 4.74 Å². The first-order valence-electron chi connectivity index (χ1n) is 7.42. The van der Waals surface area contributed by atoms with Crippen LogP contribution in [0.4, 0.5) is 0 Å². The lowest BCUT2D eigenvalue weighted by Gasteiger charge is -2.22. The molecule has 3 nitrogen and oxygen atoms in total. The second-order valence-electron chi connectivity index (χ2n) is 5.93. The summed E-state index contributed by atoms with van der Waals surface area (Å²) in [5.74, 6) is 1.35. The van der Waals surface area contributed by atoms with Gasteiger partial charge in [-0.05, 0) is 55.9 Å². The van der Waals surface area contributed by atoms with Crippen molar-refractivity contribution >= 4 is 23.2 Å². The number of ether oxygens (including phenoxy) is 1. The van der Waals surface area contributed by atoms with Crippen molar-refractivity contribution in [1.29, 1.82) is 0 Å². The molecule has 0 fully saturated rings. The largest absolute Gasteiger partial charge is 0.456 e. The van der Waals surface area contributed by atoms with E-state index in [0.29, 0.717) is 21.5 Å². The van der Waals surface area contributed by atoms with Gasteiger partial charge in [-0.1, -0.05) is 42.3 Å². The second kappa shape index (κ2) is 8.02. The standard InChI is InChI=1S/C18H21Cl2NO2/c1-12(11-21(2)3)18(22)13-4-7-15(8-5-13)23-17-9-6-14(19)10-16(17)20/h4-10,12,18,22H,11H2,1-3H3. The van der Waals surface area contributed by atoms with Gasteiger partial charge < -0.3 is 14.7 Å². The number of benzene rings is 2. The van der Waals surface area contributed by atoms with E-state index in [1.807, 2.05) is 45.3 Å². The van der Waals surface area contributed by atoms with Crippen LogP contribution in [-0.2, 0) is 0 Å². The van der Waals surface area contributed by atoms with E-state index < -0.39 is 6.10 Å². The van der Waals surface area contributed by atoms with Crippen molar-refractivity contribution in [3.8, 4) is 11.5 Å². The molecule has 2 rings (SSSR count). The summed E-state index contributed by atoms with van der Waals surface area (Å²) < 4.78 is 5.74. The van der Waals surface area contributed by atoms with Gasteiger partial charge in [-0.15, -0.1) is 0 Å². The lowest BCUT2D eigenvalue weighted by Crippen LogP contribution is -2.24. The summed E-state index contributed by atoms with van der Waals surface area (Å²) in [5.41, 5.74) is 0.869. The highest BCUT2D eigenvalue weighted by molar-refractivity contribution is 6.35. The molecule has 124 valence electrons. The molecule has 0 heterocycles. The molecule has 0 saturated heterocycles. The molecule has 0 amide bonds. The highest BCUT2D eigenvalue weighted by Gasteiger charge is 2.17. The molecular formula is C18H21Cl2NO2. The Balaban J connectivity index is 2.07. The summed E-state index contributed by atoms with van der Waals surface area (Å²) in [5, 5.41) is 11.4. The van der Waals surface area contributed by atoms with Crippen LogP contribution in [0, 0.1) is 5.92 Å². The van der Waals surface area contributed by atoms with Gasteiger partial charge in [-0.2, -0.15) is 0 Å². The molecule has 0 aliphatic carbocycles. The zero-order chi connectivity index (χ0) is 17.0. The van der Waals surface area contributed by atoms with Crippen LogP contribution in [0.25, 0.3) is 0 Å². The highest BCUT2D eigenvalue weighted by atomic mass is 35.5. The summed E-state index contributed by atoms with van der Waals surface area (Å²) in [6.07, 6.45) is -0.509. The predicted octanol–water partition coefficient (Wildman–Crippen LogP) is 5.02. The molecule has 0 aliphatic rings. The van der Waals surface area contributed by atoms with Crippen LogP contribution in [0.5, 0.6) is 11.5 Å². The van der Waals surface area contributed by atoms with Gasteiger partial charge in [0.05, 0.1) is 11.1 Å². The Morgan fingerprint density at radius 1 is 1.09 bits per heavy atom. The van der Waals surface area contributed by atoms with Crippen molar-refractivity contribution < 1.29 is 9.84 Å². The van der Waals surface area contributed by atoms with Crippen LogP contribution >= 0.6 is 23.2 Å². The van der Waals surface area contributed by atoms with E-state index in [0.717, 1.165) is 12.1 Å². The third-order valence-corrected chi connectivity index (χ3v) is 4.07. The Morgan fingerprint density at radius 3 is 2.30 bits per heavy atom. The van der Waals surface area contributed by atoms with Crippen LogP contribution in [0.2, 0.25) is 10.0 Å². The van der Waals surface area contributed by atoms with Gasteiger partial charge in [-0.3, -0.25) is 0 Å². The first-order chi connectivity index (χ1) is 10.9. The van der Waals surface area contributed by atoms with Crippen LogP contribution in [0.15, 0.2) is 42.5 Å². The van der Waals surface area contributed by atoms with Crippen molar-refractivity contribution in [2.24, 2.45) is 5.92 Å². The number of rotatable bonds is 6. The zero-order valence-electron chi connectivity index (χ0n) is 13.5. The molecule has 23 heavy (non-hydrogen) atoms. The Kier molecular flexibility index (Phi) is 6.31. The highest BCUT2D eigenvalue weighted by Crippen LogP contribution is 2.32. The Bertz CT molecular complexity index is 644. The van der Waals surface area contributed by atoms with Crippen molar-refractivity contribution in [2.45, 2.75) is 13.0 Å². The average Bonchev–Trinajstić information content (AvgIpc) is 2.49. The molecular weight excluding hydrogens is 333 g/mol. The van der Waals surface area contributed by atoms with E-state index in [9.17, 15) is 5.11 Å². The molecule has 0 bridgehead atoms. The van der Waals surface area contributed by atoms with Crippen molar-refractivity contribution in [3.63, 3.8) is 0 Å². The minimum atomic E-state index is -0.509. The van der Waals surface area contributed by atoms with Crippen molar-refractivity contribution in [2.75, 3.05) is 20.6 Å². The molecule has 0 spiro atoms. The van der Waals surface area contributed by atoms with Gasteiger partial charge in [-0.25, -0.2) is 0 Å². The van der Waals surface area contributed by atoms with Gasteiger partial charge in [0.15, 0.2) is 0 Å². The molecule has 2 atom stereocenters. The molecule has 2 unspecified atom stereocenters. The summed E-state index contributed by atoms with van der Waals surface area (Å²) in [7, 11) is 3.99. The Hall–Kier alpha value is -1.26. The minimum Gasteiger partial charge on any atom is -0.456 e. The number of aliphatic hydroxyl groups is 1. The third-order valence-electron chi connectivity index (χ3n) is 3.54. The second-order valence-corrected chi connectivity index (χ2v) is 6.77. The fourth-order valence-corrected chi connectivity index (χ4v) is 2.87. The molecule has 0 saturated carbocycles. The third kappa shape index (κ3) is 5.11. The smallest absolute Gasteiger partial charge is 0.146 e. The minimum absolute atomic E-state index is 0.141. The SMILES string of the molecule is CC(CN(C)C)C(O)c1ccc(Oc2ccc(Cl)cc2Cl)cc1. The lowest BCUT2D eigenvalue weighted by molar-refractivity contribution is 0.100. The fourth-order valence-electron chi connectivity index (χ4n) is 2.42. The van der Waals surface area contributed by atoms with Gasteiger partial charge in [0, 0.05) is 11.6 Å². The van der Waals surface area contributed by atoms with Crippen LogP contribution in [0.1, 0.15) is 18.6 Å². The average molecular weight is 354 g/mol. The first-order valence-corrected chi connectivity index (χ1v) is 8.18. The number of hydrogen-bond donors (Lipinski definition) is 1. The van der Waals surface area contributed by atoms with Crippen LogP contribution in [-0.4, -0.2) is 30.6 Å². The fraction of sp³-hybridized carbons (Fsp3) is 0.333. The van der Waals surface area contributed by atoms with Crippen molar-refractivity contribution in [3.05, 3.63) is 58.1 Å². The first kappa shape index (κ1) is 18.1. The van der Waals surface area contributed by atoms with Gasteiger partial charge in [0.2, 0.25) is 0 Å². The molecule has 0 aliphatic heterocycles.